The quantitative estimate of drug-likeness (QED) is 0.262. The van der Waals surface area contributed by atoms with E-state index in [0.717, 1.165) is 0 Å². The SMILES string of the molecule is COC(=O)/C(C)=C\C=C\C=O. The lowest BCUT2D eigenvalue weighted by Crippen LogP contribution is -2.00. The zero-order valence-corrected chi connectivity index (χ0v) is 6.53. The Labute approximate surface area is 65.4 Å². The van der Waals surface area contributed by atoms with E-state index in [-0.39, 0.29) is 5.97 Å². The summed E-state index contributed by atoms with van der Waals surface area (Å²) in [4.78, 5) is 20.5. The molecule has 0 unspecified atom stereocenters. The first-order valence-corrected chi connectivity index (χ1v) is 3.09. The lowest BCUT2D eigenvalue weighted by atomic mass is 10.3. The standard InChI is InChI=1S/C8H10O3/c1-7(8(10)11-2)5-3-4-6-9/h3-6H,1-2H3/b4-3+,7-5-. The van der Waals surface area contributed by atoms with E-state index in [1.807, 2.05) is 0 Å². The van der Waals surface area contributed by atoms with E-state index >= 15 is 0 Å². The maximum Gasteiger partial charge on any atom is 0.333 e. The summed E-state index contributed by atoms with van der Waals surface area (Å²) in [5, 5.41) is 0. The van der Waals surface area contributed by atoms with Crippen molar-refractivity contribution in [1.82, 2.24) is 0 Å². The van der Waals surface area contributed by atoms with Crippen LogP contribution in [0.15, 0.2) is 23.8 Å². The molecule has 0 aliphatic rings. The normalized spacial score (nSPS) is 11.6. The summed E-state index contributed by atoms with van der Waals surface area (Å²) in [5.74, 6) is -0.388. The number of ether oxygens (including phenoxy) is 1. The van der Waals surface area contributed by atoms with E-state index in [1.54, 1.807) is 6.92 Å². The highest BCUT2D eigenvalue weighted by Gasteiger charge is 1.99. The Bertz CT molecular complexity index is 201. The van der Waals surface area contributed by atoms with E-state index in [2.05, 4.69) is 4.74 Å². The van der Waals surface area contributed by atoms with Gasteiger partial charge in [0.1, 0.15) is 6.29 Å². The number of carbonyl (C=O) groups is 2. The second-order valence-electron chi connectivity index (χ2n) is 1.86. The molecule has 3 nitrogen and oxygen atoms in total. The van der Waals surface area contributed by atoms with Gasteiger partial charge in [-0.25, -0.2) is 4.79 Å². The minimum absolute atomic E-state index is 0.388. The third kappa shape index (κ3) is 4.08. The van der Waals surface area contributed by atoms with Gasteiger partial charge in [-0.2, -0.15) is 0 Å². The number of allylic oxidation sites excluding steroid dienone is 3. The Balaban J connectivity index is 4.10. The molecule has 0 bridgehead atoms. The Kier molecular flexibility index (Phi) is 4.73. The van der Waals surface area contributed by atoms with Gasteiger partial charge >= 0.3 is 5.97 Å². The molecule has 0 heterocycles. The average Bonchev–Trinajstić information content (AvgIpc) is 2.03. The molecule has 0 aromatic rings. The van der Waals surface area contributed by atoms with Crippen molar-refractivity contribution in [2.45, 2.75) is 6.92 Å². The molecule has 11 heavy (non-hydrogen) atoms. The molecule has 0 saturated carbocycles. The van der Waals surface area contributed by atoms with Gasteiger partial charge in [-0.3, -0.25) is 4.79 Å². The van der Waals surface area contributed by atoms with Gasteiger partial charge in [0.25, 0.3) is 0 Å². The van der Waals surface area contributed by atoms with Crippen molar-refractivity contribution in [1.29, 1.82) is 0 Å². The molecule has 0 atom stereocenters. The first-order chi connectivity index (χ1) is 5.22. The Hall–Kier alpha value is -1.38. The van der Waals surface area contributed by atoms with Crippen LogP contribution in [-0.4, -0.2) is 19.4 Å². The molecular weight excluding hydrogens is 144 g/mol. The molecule has 0 aromatic carbocycles. The van der Waals surface area contributed by atoms with Crippen molar-refractivity contribution in [2.24, 2.45) is 0 Å². The lowest BCUT2D eigenvalue weighted by molar-refractivity contribution is -0.136. The average molecular weight is 154 g/mol. The molecule has 0 fully saturated rings. The first kappa shape index (κ1) is 9.62. The fourth-order valence-electron chi connectivity index (χ4n) is 0.474. The number of hydrogen-bond acceptors (Lipinski definition) is 3. The number of hydrogen-bond donors (Lipinski definition) is 0. The second kappa shape index (κ2) is 5.41. The topological polar surface area (TPSA) is 43.4 Å². The smallest absolute Gasteiger partial charge is 0.333 e. The molecule has 0 aromatic heterocycles. The minimum Gasteiger partial charge on any atom is -0.466 e. The van der Waals surface area contributed by atoms with Crippen molar-refractivity contribution < 1.29 is 14.3 Å². The van der Waals surface area contributed by atoms with Crippen LogP contribution in [0.1, 0.15) is 6.92 Å². The third-order valence-corrected chi connectivity index (χ3v) is 1.04. The van der Waals surface area contributed by atoms with E-state index in [1.165, 1.54) is 25.3 Å². The fraction of sp³-hybridized carbons (Fsp3) is 0.250. The van der Waals surface area contributed by atoms with E-state index < -0.39 is 0 Å². The maximum atomic E-state index is 10.7. The molecule has 60 valence electrons. The summed E-state index contributed by atoms with van der Waals surface area (Å²) in [5.41, 5.74) is 0.464. The highest BCUT2D eigenvalue weighted by Crippen LogP contribution is 1.94. The zero-order chi connectivity index (χ0) is 8.69. The molecule has 0 aliphatic heterocycles. The Morgan fingerprint density at radius 1 is 1.36 bits per heavy atom. The van der Waals surface area contributed by atoms with Crippen LogP contribution in [-0.2, 0) is 14.3 Å². The van der Waals surface area contributed by atoms with Crippen LogP contribution in [0.4, 0.5) is 0 Å². The predicted octanol–water partition coefficient (Wildman–Crippen LogP) is 0.861. The molecule has 0 radical (unpaired) electrons. The highest BCUT2D eigenvalue weighted by atomic mass is 16.5. The molecule has 0 N–H and O–H groups in total. The molecule has 0 spiro atoms. The monoisotopic (exact) mass is 154 g/mol. The number of carbonyl (C=O) groups excluding carboxylic acids is 2. The summed E-state index contributed by atoms with van der Waals surface area (Å²) in [6.45, 7) is 1.61. The molecule has 0 rings (SSSR count). The van der Waals surface area contributed by atoms with Crippen molar-refractivity contribution in [3.05, 3.63) is 23.8 Å². The summed E-state index contributed by atoms with van der Waals surface area (Å²) in [7, 11) is 1.31. The van der Waals surface area contributed by atoms with Crippen LogP contribution >= 0.6 is 0 Å². The van der Waals surface area contributed by atoms with Crippen LogP contribution in [0.25, 0.3) is 0 Å². The second-order valence-corrected chi connectivity index (χ2v) is 1.86. The van der Waals surface area contributed by atoms with Gasteiger partial charge < -0.3 is 4.74 Å². The van der Waals surface area contributed by atoms with Crippen LogP contribution in [0.2, 0.25) is 0 Å². The van der Waals surface area contributed by atoms with Crippen LogP contribution in [0, 0.1) is 0 Å². The molecule has 0 amide bonds. The highest BCUT2D eigenvalue weighted by molar-refractivity contribution is 5.88. The van der Waals surface area contributed by atoms with Crippen LogP contribution in [0.3, 0.4) is 0 Å². The maximum absolute atomic E-state index is 10.7. The van der Waals surface area contributed by atoms with Crippen LogP contribution in [0.5, 0.6) is 0 Å². The summed E-state index contributed by atoms with van der Waals surface area (Å²) < 4.78 is 4.41. The lowest BCUT2D eigenvalue weighted by Gasteiger charge is -1.94. The van der Waals surface area contributed by atoms with Gasteiger partial charge in [0.15, 0.2) is 0 Å². The predicted molar refractivity (Wildman–Crippen MR) is 41.0 cm³/mol. The molecular formula is C8H10O3. The van der Waals surface area contributed by atoms with Crippen molar-refractivity contribution in [2.75, 3.05) is 7.11 Å². The number of aldehydes is 1. The van der Waals surface area contributed by atoms with Gasteiger partial charge in [0.2, 0.25) is 0 Å². The molecule has 3 heteroatoms. The Morgan fingerprint density at radius 3 is 2.45 bits per heavy atom. The van der Waals surface area contributed by atoms with Crippen molar-refractivity contribution in [3.8, 4) is 0 Å². The van der Waals surface area contributed by atoms with Gasteiger partial charge in [-0.15, -0.1) is 0 Å². The zero-order valence-electron chi connectivity index (χ0n) is 6.53. The number of methoxy groups -OCH3 is 1. The summed E-state index contributed by atoms with van der Waals surface area (Å²) in [6.07, 6.45) is 4.94. The van der Waals surface area contributed by atoms with E-state index in [4.69, 9.17) is 0 Å². The first-order valence-electron chi connectivity index (χ1n) is 3.09. The van der Waals surface area contributed by atoms with Gasteiger partial charge in [0.05, 0.1) is 7.11 Å². The third-order valence-electron chi connectivity index (χ3n) is 1.04. The molecule has 0 saturated heterocycles. The molecule has 0 aliphatic carbocycles. The minimum atomic E-state index is -0.388. The van der Waals surface area contributed by atoms with E-state index in [9.17, 15) is 9.59 Å². The summed E-state index contributed by atoms with van der Waals surface area (Å²) in [6, 6.07) is 0. The van der Waals surface area contributed by atoms with Crippen molar-refractivity contribution >= 4 is 12.3 Å². The van der Waals surface area contributed by atoms with Crippen molar-refractivity contribution in [3.63, 3.8) is 0 Å². The van der Waals surface area contributed by atoms with Gasteiger partial charge in [-0.05, 0) is 13.0 Å². The largest absolute Gasteiger partial charge is 0.466 e. The fourth-order valence-corrected chi connectivity index (χ4v) is 0.474. The number of esters is 1. The van der Waals surface area contributed by atoms with E-state index in [0.29, 0.717) is 11.9 Å². The number of rotatable bonds is 3. The van der Waals surface area contributed by atoms with Gasteiger partial charge in [0, 0.05) is 5.57 Å². The summed E-state index contributed by atoms with van der Waals surface area (Å²) >= 11 is 0. The van der Waals surface area contributed by atoms with Crippen LogP contribution < -0.4 is 0 Å². The Morgan fingerprint density at radius 2 is 2.00 bits per heavy atom. The van der Waals surface area contributed by atoms with Gasteiger partial charge in [-0.1, -0.05) is 12.2 Å².